The minimum absolute atomic E-state index is 0.121. The van der Waals surface area contributed by atoms with Crippen LogP contribution in [0.2, 0.25) is 0 Å². The Hall–Kier alpha value is -1.68. The zero-order chi connectivity index (χ0) is 11.1. The van der Waals surface area contributed by atoms with E-state index in [1.165, 1.54) is 0 Å². The number of H-pyrrole nitrogens is 1. The zero-order valence-corrected chi connectivity index (χ0v) is 8.81. The van der Waals surface area contributed by atoms with Gasteiger partial charge in [0.25, 0.3) is 0 Å². The Morgan fingerprint density at radius 2 is 2.25 bits per heavy atom. The number of Topliss-reactive ketones (excluding diaryl/α,β-unsaturated/α-hetero) is 1. The number of ketones is 1. The number of rotatable bonds is 2. The lowest BCUT2D eigenvalue weighted by molar-refractivity contribution is 0.0833. The van der Waals surface area contributed by atoms with Crippen molar-refractivity contribution < 1.29 is 4.79 Å². The summed E-state index contributed by atoms with van der Waals surface area (Å²) >= 11 is 0. The van der Waals surface area contributed by atoms with Crippen molar-refractivity contribution in [1.29, 1.82) is 0 Å². The third kappa shape index (κ3) is 1.42. The summed E-state index contributed by atoms with van der Waals surface area (Å²) in [4.78, 5) is 19.2. The van der Waals surface area contributed by atoms with Crippen LogP contribution in [0.5, 0.6) is 0 Å². The topological polar surface area (TPSA) is 71.8 Å². The molecule has 0 unspecified atom stereocenters. The molecule has 82 valence electrons. The SMILES string of the molecule is NC1CC(C(=O)c2ccc3nc[nH]c3c2)C1. The van der Waals surface area contributed by atoms with Gasteiger partial charge in [0, 0.05) is 17.5 Å². The van der Waals surface area contributed by atoms with Gasteiger partial charge in [-0.25, -0.2) is 4.98 Å². The van der Waals surface area contributed by atoms with E-state index in [1.807, 2.05) is 18.2 Å². The molecule has 1 aliphatic carbocycles. The Bertz CT molecular complexity index is 540. The van der Waals surface area contributed by atoms with E-state index in [2.05, 4.69) is 9.97 Å². The average molecular weight is 215 g/mol. The van der Waals surface area contributed by atoms with Crippen LogP contribution in [0.3, 0.4) is 0 Å². The van der Waals surface area contributed by atoms with E-state index in [9.17, 15) is 4.79 Å². The van der Waals surface area contributed by atoms with E-state index >= 15 is 0 Å². The standard InChI is InChI=1S/C12H13N3O/c13-9-3-8(4-9)12(16)7-1-2-10-11(5-7)15-6-14-10/h1-2,5-6,8-9H,3-4,13H2,(H,14,15). The van der Waals surface area contributed by atoms with Gasteiger partial charge in [0.1, 0.15) is 0 Å². The second kappa shape index (κ2) is 3.42. The maximum Gasteiger partial charge on any atom is 0.166 e. The molecule has 0 amide bonds. The van der Waals surface area contributed by atoms with Crippen molar-refractivity contribution in [3.63, 3.8) is 0 Å². The molecule has 3 N–H and O–H groups in total. The van der Waals surface area contributed by atoms with Crippen molar-refractivity contribution in [2.75, 3.05) is 0 Å². The highest BCUT2D eigenvalue weighted by molar-refractivity contribution is 6.00. The number of carbonyl (C=O) groups excluding carboxylic acids is 1. The molecule has 4 heteroatoms. The van der Waals surface area contributed by atoms with Crippen molar-refractivity contribution in [2.24, 2.45) is 11.7 Å². The minimum atomic E-state index is 0.121. The summed E-state index contributed by atoms with van der Waals surface area (Å²) < 4.78 is 0. The molecule has 1 aromatic heterocycles. The fourth-order valence-electron chi connectivity index (χ4n) is 2.20. The quantitative estimate of drug-likeness (QED) is 0.745. The third-order valence-corrected chi connectivity index (χ3v) is 3.25. The number of fused-ring (bicyclic) bond motifs is 1. The van der Waals surface area contributed by atoms with Crippen LogP contribution in [0.25, 0.3) is 11.0 Å². The second-order valence-electron chi connectivity index (χ2n) is 4.43. The molecule has 0 aliphatic heterocycles. The first-order valence-electron chi connectivity index (χ1n) is 5.47. The summed E-state index contributed by atoms with van der Waals surface area (Å²) in [6, 6.07) is 5.80. The van der Waals surface area contributed by atoms with Gasteiger partial charge in [0.2, 0.25) is 0 Å². The molecule has 0 radical (unpaired) electrons. The van der Waals surface area contributed by atoms with E-state index in [-0.39, 0.29) is 17.7 Å². The fraction of sp³-hybridized carbons (Fsp3) is 0.333. The molecule has 1 heterocycles. The summed E-state index contributed by atoms with van der Waals surface area (Å²) in [5.41, 5.74) is 8.25. The van der Waals surface area contributed by atoms with Crippen LogP contribution in [-0.4, -0.2) is 21.8 Å². The second-order valence-corrected chi connectivity index (χ2v) is 4.43. The molecule has 1 aromatic carbocycles. The number of carbonyl (C=O) groups is 1. The van der Waals surface area contributed by atoms with Crippen LogP contribution < -0.4 is 5.73 Å². The third-order valence-electron chi connectivity index (χ3n) is 3.25. The minimum Gasteiger partial charge on any atom is -0.345 e. The lowest BCUT2D eigenvalue weighted by Crippen LogP contribution is -2.40. The van der Waals surface area contributed by atoms with Crippen molar-refractivity contribution in [1.82, 2.24) is 9.97 Å². The number of nitrogens with one attached hydrogen (secondary N) is 1. The predicted octanol–water partition coefficient (Wildman–Crippen LogP) is 1.48. The predicted molar refractivity (Wildman–Crippen MR) is 61.1 cm³/mol. The van der Waals surface area contributed by atoms with E-state index in [4.69, 9.17) is 5.73 Å². The normalized spacial score (nSPS) is 24.3. The van der Waals surface area contributed by atoms with Crippen LogP contribution in [0.1, 0.15) is 23.2 Å². The van der Waals surface area contributed by atoms with E-state index in [0.717, 1.165) is 29.4 Å². The fourth-order valence-corrected chi connectivity index (χ4v) is 2.20. The van der Waals surface area contributed by atoms with Gasteiger partial charge < -0.3 is 10.7 Å². The van der Waals surface area contributed by atoms with Crippen LogP contribution in [0.15, 0.2) is 24.5 Å². The number of benzene rings is 1. The van der Waals surface area contributed by atoms with E-state index in [1.54, 1.807) is 6.33 Å². The first-order chi connectivity index (χ1) is 7.74. The Kier molecular flexibility index (Phi) is 2.04. The van der Waals surface area contributed by atoms with Gasteiger partial charge in [-0.15, -0.1) is 0 Å². The lowest BCUT2D eigenvalue weighted by atomic mass is 9.76. The molecular formula is C12H13N3O. The van der Waals surface area contributed by atoms with Gasteiger partial charge >= 0.3 is 0 Å². The van der Waals surface area contributed by atoms with Crippen molar-refractivity contribution in [3.05, 3.63) is 30.1 Å². The van der Waals surface area contributed by atoms with E-state index in [0.29, 0.717) is 0 Å². The van der Waals surface area contributed by atoms with Gasteiger partial charge in [-0.05, 0) is 31.0 Å². The first-order valence-corrected chi connectivity index (χ1v) is 5.47. The molecule has 16 heavy (non-hydrogen) atoms. The number of hydrogen-bond acceptors (Lipinski definition) is 3. The number of nitrogens with zero attached hydrogens (tertiary/aromatic N) is 1. The molecule has 4 nitrogen and oxygen atoms in total. The van der Waals surface area contributed by atoms with E-state index < -0.39 is 0 Å². The van der Waals surface area contributed by atoms with Crippen molar-refractivity contribution in [3.8, 4) is 0 Å². The number of hydrogen-bond donors (Lipinski definition) is 2. The summed E-state index contributed by atoms with van der Waals surface area (Å²) in [5, 5.41) is 0. The van der Waals surface area contributed by atoms with Crippen molar-refractivity contribution >= 4 is 16.8 Å². The Labute approximate surface area is 92.9 Å². The number of aromatic amines is 1. The number of imidazole rings is 1. The maximum absolute atomic E-state index is 12.0. The highest BCUT2D eigenvalue weighted by Gasteiger charge is 2.32. The van der Waals surface area contributed by atoms with Gasteiger partial charge in [-0.2, -0.15) is 0 Å². The molecule has 0 saturated heterocycles. The number of nitrogens with two attached hydrogens (primary N) is 1. The molecule has 1 saturated carbocycles. The molecule has 2 aromatic rings. The average Bonchev–Trinajstić information content (AvgIpc) is 2.70. The van der Waals surface area contributed by atoms with Crippen molar-refractivity contribution in [2.45, 2.75) is 18.9 Å². The summed E-state index contributed by atoms with van der Waals surface area (Å²) in [6.45, 7) is 0. The monoisotopic (exact) mass is 215 g/mol. The van der Waals surface area contributed by atoms with Crippen LogP contribution in [0.4, 0.5) is 0 Å². The molecule has 0 atom stereocenters. The zero-order valence-electron chi connectivity index (χ0n) is 8.81. The van der Waals surface area contributed by atoms with Gasteiger partial charge in [0.15, 0.2) is 5.78 Å². The Morgan fingerprint density at radius 1 is 1.44 bits per heavy atom. The molecule has 0 bridgehead atoms. The largest absolute Gasteiger partial charge is 0.345 e. The molecular weight excluding hydrogens is 202 g/mol. The summed E-state index contributed by atoms with van der Waals surface area (Å²) in [6.07, 6.45) is 3.28. The van der Waals surface area contributed by atoms with Gasteiger partial charge in [-0.3, -0.25) is 4.79 Å². The van der Waals surface area contributed by atoms with Crippen LogP contribution in [0, 0.1) is 5.92 Å². The van der Waals surface area contributed by atoms with Crippen LogP contribution in [-0.2, 0) is 0 Å². The van der Waals surface area contributed by atoms with Gasteiger partial charge in [-0.1, -0.05) is 0 Å². The number of aromatic nitrogens is 2. The maximum atomic E-state index is 12.0. The Balaban J connectivity index is 1.90. The smallest absolute Gasteiger partial charge is 0.166 e. The molecule has 3 rings (SSSR count). The summed E-state index contributed by atoms with van der Waals surface area (Å²) in [5.74, 6) is 0.327. The molecule has 1 fully saturated rings. The highest BCUT2D eigenvalue weighted by Crippen LogP contribution is 2.29. The highest BCUT2D eigenvalue weighted by atomic mass is 16.1. The van der Waals surface area contributed by atoms with Gasteiger partial charge in [0.05, 0.1) is 17.4 Å². The first kappa shape index (κ1) is 9.54. The van der Waals surface area contributed by atoms with Crippen LogP contribution >= 0.6 is 0 Å². The Morgan fingerprint density at radius 3 is 3.00 bits per heavy atom. The lowest BCUT2D eigenvalue weighted by Gasteiger charge is -2.31. The summed E-state index contributed by atoms with van der Waals surface area (Å²) in [7, 11) is 0. The molecule has 1 aliphatic rings. The molecule has 0 spiro atoms.